The van der Waals surface area contributed by atoms with Crippen LogP contribution in [0.15, 0.2) is 29.4 Å². The highest BCUT2D eigenvalue weighted by atomic mass is 16.6. The zero-order valence-electron chi connectivity index (χ0n) is 17.7. The standard InChI is InChI=1S/C21H32N4O4/c1-17(2)25-8-6-18(3)20-16-19(4-5-21(20)25)29-15-14-28-13-12-27-11-10-26-9-7-23-24-22/h4-6,16-17H,7-15H2,1-3H3. The molecule has 8 nitrogen and oxygen atoms in total. The minimum Gasteiger partial charge on any atom is -0.491 e. The van der Waals surface area contributed by atoms with Crippen LogP contribution in [0.4, 0.5) is 5.69 Å². The number of nitrogens with zero attached hydrogens (tertiary/aromatic N) is 4. The van der Waals surface area contributed by atoms with Crippen molar-refractivity contribution in [2.75, 3.05) is 64.2 Å². The van der Waals surface area contributed by atoms with Crippen LogP contribution in [-0.4, -0.2) is 65.4 Å². The summed E-state index contributed by atoms with van der Waals surface area (Å²) in [7, 11) is 0. The van der Waals surface area contributed by atoms with Gasteiger partial charge in [0, 0.05) is 35.3 Å². The summed E-state index contributed by atoms with van der Waals surface area (Å²) in [4.78, 5) is 5.04. The molecule has 0 N–H and O–H groups in total. The van der Waals surface area contributed by atoms with E-state index >= 15 is 0 Å². The van der Waals surface area contributed by atoms with Crippen LogP contribution in [0.25, 0.3) is 16.0 Å². The van der Waals surface area contributed by atoms with Gasteiger partial charge in [-0.05, 0) is 50.1 Å². The van der Waals surface area contributed by atoms with E-state index < -0.39 is 0 Å². The highest BCUT2D eigenvalue weighted by Gasteiger charge is 2.19. The fourth-order valence-corrected chi connectivity index (χ4v) is 3.01. The summed E-state index contributed by atoms with van der Waals surface area (Å²) in [6.07, 6.45) is 2.26. The summed E-state index contributed by atoms with van der Waals surface area (Å²) in [6.45, 7) is 11.3. The van der Waals surface area contributed by atoms with Crippen LogP contribution >= 0.6 is 0 Å². The van der Waals surface area contributed by atoms with E-state index in [2.05, 4.69) is 53.9 Å². The summed E-state index contributed by atoms with van der Waals surface area (Å²) in [5.41, 5.74) is 11.9. The number of ether oxygens (including phenoxy) is 4. The molecule has 0 bridgehead atoms. The van der Waals surface area contributed by atoms with Gasteiger partial charge in [0.05, 0.1) is 39.6 Å². The Bertz CT molecular complexity index is 702. The first-order valence-corrected chi connectivity index (χ1v) is 10.1. The monoisotopic (exact) mass is 404 g/mol. The summed E-state index contributed by atoms with van der Waals surface area (Å²) in [5, 5.41) is 3.38. The fourth-order valence-electron chi connectivity index (χ4n) is 3.01. The van der Waals surface area contributed by atoms with Crippen molar-refractivity contribution >= 4 is 11.3 Å². The molecule has 0 radical (unpaired) electrons. The molecule has 1 aromatic rings. The third kappa shape index (κ3) is 7.95. The number of hydrogen-bond donors (Lipinski definition) is 0. The summed E-state index contributed by atoms with van der Waals surface area (Å²) < 4.78 is 22.0. The van der Waals surface area contributed by atoms with Gasteiger partial charge in [-0.3, -0.25) is 0 Å². The average molecular weight is 405 g/mol. The van der Waals surface area contributed by atoms with Gasteiger partial charge in [-0.2, -0.15) is 0 Å². The van der Waals surface area contributed by atoms with Gasteiger partial charge in [0.25, 0.3) is 0 Å². The Morgan fingerprint density at radius 2 is 1.69 bits per heavy atom. The van der Waals surface area contributed by atoms with E-state index in [9.17, 15) is 0 Å². The lowest BCUT2D eigenvalue weighted by Gasteiger charge is -2.33. The second kappa shape index (κ2) is 13.1. The lowest BCUT2D eigenvalue weighted by molar-refractivity contribution is 0.0106. The molecule has 1 aliphatic heterocycles. The highest BCUT2D eigenvalue weighted by molar-refractivity contribution is 5.80. The van der Waals surface area contributed by atoms with E-state index in [4.69, 9.17) is 24.5 Å². The number of fused-ring (bicyclic) bond motifs is 1. The Hall–Kier alpha value is -2.25. The molecule has 0 fully saturated rings. The smallest absolute Gasteiger partial charge is 0.120 e. The zero-order chi connectivity index (χ0) is 20.9. The Kier molecular flexibility index (Phi) is 10.4. The number of benzene rings is 1. The molecular formula is C21H32N4O4. The third-order valence-electron chi connectivity index (χ3n) is 4.56. The highest BCUT2D eigenvalue weighted by Crippen LogP contribution is 2.35. The van der Waals surface area contributed by atoms with Gasteiger partial charge < -0.3 is 23.8 Å². The van der Waals surface area contributed by atoms with Gasteiger partial charge in [0.1, 0.15) is 12.4 Å². The molecule has 0 amide bonds. The first-order chi connectivity index (χ1) is 14.1. The van der Waals surface area contributed by atoms with Crippen molar-refractivity contribution in [1.29, 1.82) is 0 Å². The van der Waals surface area contributed by atoms with E-state index in [0.29, 0.717) is 58.8 Å². The molecule has 1 aliphatic rings. The number of hydrogen-bond acceptors (Lipinski definition) is 6. The van der Waals surface area contributed by atoms with Crippen LogP contribution < -0.4 is 9.64 Å². The SMILES string of the molecule is CC1=CCN(C(C)C)c2ccc(OCCOCCOCCOCCN=[N+]=[N-])cc21. The molecule has 8 heteroatoms. The molecule has 1 heterocycles. The van der Waals surface area contributed by atoms with E-state index in [-0.39, 0.29) is 0 Å². The van der Waals surface area contributed by atoms with Crippen LogP contribution in [-0.2, 0) is 14.2 Å². The maximum atomic E-state index is 8.13. The molecule has 0 unspecified atom stereocenters. The van der Waals surface area contributed by atoms with Gasteiger partial charge >= 0.3 is 0 Å². The normalized spacial score (nSPS) is 13.1. The van der Waals surface area contributed by atoms with Gasteiger partial charge in [0.15, 0.2) is 0 Å². The Balaban J connectivity index is 1.58. The second-order valence-corrected chi connectivity index (χ2v) is 6.95. The van der Waals surface area contributed by atoms with Crippen molar-refractivity contribution < 1.29 is 18.9 Å². The largest absolute Gasteiger partial charge is 0.491 e. The van der Waals surface area contributed by atoms with Crippen molar-refractivity contribution in [3.63, 3.8) is 0 Å². The molecule has 0 saturated carbocycles. The van der Waals surface area contributed by atoms with Crippen LogP contribution in [0, 0.1) is 0 Å². The van der Waals surface area contributed by atoms with E-state index in [1.54, 1.807) is 0 Å². The number of azide groups is 1. The van der Waals surface area contributed by atoms with Crippen molar-refractivity contribution in [3.05, 3.63) is 40.3 Å². The van der Waals surface area contributed by atoms with Gasteiger partial charge in [0.2, 0.25) is 0 Å². The van der Waals surface area contributed by atoms with Crippen molar-refractivity contribution in [1.82, 2.24) is 0 Å². The van der Waals surface area contributed by atoms with Crippen molar-refractivity contribution in [3.8, 4) is 5.75 Å². The van der Waals surface area contributed by atoms with E-state index in [1.165, 1.54) is 16.8 Å². The summed E-state index contributed by atoms with van der Waals surface area (Å²) >= 11 is 0. The fraction of sp³-hybridized carbons (Fsp3) is 0.619. The molecule has 0 aromatic heterocycles. The maximum Gasteiger partial charge on any atom is 0.120 e. The van der Waals surface area contributed by atoms with Gasteiger partial charge in [-0.1, -0.05) is 11.2 Å². The zero-order valence-corrected chi connectivity index (χ0v) is 17.7. The Morgan fingerprint density at radius 1 is 1.03 bits per heavy atom. The van der Waals surface area contributed by atoms with Crippen molar-refractivity contribution in [2.24, 2.45) is 5.11 Å². The molecule has 0 atom stereocenters. The molecule has 29 heavy (non-hydrogen) atoms. The lowest BCUT2D eigenvalue weighted by Crippen LogP contribution is -2.33. The number of rotatable bonds is 14. The van der Waals surface area contributed by atoms with Crippen LogP contribution in [0.2, 0.25) is 0 Å². The molecule has 2 rings (SSSR count). The average Bonchev–Trinajstić information content (AvgIpc) is 2.71. The first-order valence-electron chi connectivity index (χ1n) is 10.1. The minimum atomic E-state index is 0.343. The summed E-state index contributed by atoms with van der Waals surface area (Å²) in [5.74, 6) is 0.861. The minimum absolute atomic E-state index is 0.343. The van der Waals surface area contributed by atoms with Crippen LogP contribution in [0.1, 0.15) is 26.3 Å². The van der Waals surface area contributed by atoms with Gasteiger partial charge in [-0.25, -0.2) is 0 Å². The Morgan fingerprint density at radius 3 is 2.34 bits per heavy atom. The number of anilines is 1. The van der Waals surface area contributed by atoms with E-state index in [0.717, 1.165) is 12.3 Å². The lowest BCUT2D eigenvalue weighted by atomic mass is 9.99. The number of allylic oxidation sites excluding steroid dienone is 1. The maximum absolute atomic E-state index is 8.13. The third-order valence-corrected chi connectivity index (χ3v) is 4.56. The van der Waals surface area contributed by atoms with Crippen LogP contribution in [0.5, 0.6) is 5.75 Å². The van der Waals surface area contributed by atoms with Crippen molar-refractivity contribution in [2.45, 2.75) is 26.8 Å². The quantitative estimate of drug-likeness (QED) is 0.202. The van der Waals surface area contributed by atoms with Crippen LogP contribution in [0.3, 0.4) is 0 Å². The molecule has 0 spiro atoms. The molecule has 0 aliphatic carbocycles. The van der Waals surface area contributed by atoms with Gasteiger partial charge in [-0.15, -0.1) is 0 Å². The first kappa shape index (κ1) is 23.0. The topological polar surface area (TPSA) is 88.9 Å². The summed E-state index contributed by atoms with van der Waals surface area (Å²) in [6, 6.07) is 6.74. The van der Waals surface area contributed by atoms with E-state index in [1.807, 2.05) is 6.07 Å². The molecule has 0 saturated heterocycles. The predicted octanol–water partition coefficient (Wildman–Crippen LogP) is 4.06. The second-order valence-electron chi connectivity index (χ2n) is 6.95. The molecule has 1 aromatic carbocycles. The predicted molar refractivity (Wildman–Crippen MR) is 115 cm³/mol. The molecular weight excluding hydrogens is 372 g/mol. The molecule has 160 valence electrons. The Labute approximate surface area is 173 Å².